The Kier molecular flexibility index (Phi) is 5.46. The van der Waals surface area contributed by atoms with Gasteiger partial charge >= 0.3 is 6.03 Å². The van der Waals surface area contributed by atoms with Crippen LogP contribution in [0.3, 0.4) is 0 Å². The van der Waals surface area contributed by atoms with E-state index in [9.17, 15) is 4.79 Å². The van der Waals surface area contributed by atoms with Gasteiger partial charge in [-0.25, -0.2) is 4.79 Å². The van der Waals surface area contributed by atoms with Gasteiger partial charge in [0.05, 0.1) is 0 Å². The molecule has 0 saturated carbocycles. The van der Waals surface area contributed by atoms with Crippen molar-refractivity contribution in [2.45, 2.75) is 39.3 Å². The zero-order chi connectivity index (χ0) is 10.4. The summed E-state index contributed by atoms with van der Waals surface area (Å²) in [6.45, 7) is 6.53. The van der Waals surface area contributed by atoms with Gasteiger partial charge in [0.25, 0.3) is 0 Å². The van der Waals surface area contributed by atoms with Crippen LogP contribution in [0.5, 0.6) is 0 Å². The first-order chi connectivity index (χ1) is 5.93. The predicted molar refractivity (Wildman–Crippen MR) is 54.6 cm³/mol. The molecule has 0 aliphatic heterocycles. The zero-order valence-corrected chi connectivity index (χ0v) is 9.00. The highest BCUT2D eigenvalue weighted by molar-refractivity contribution is 5.74. The Hall–Kier alpha value is -0.770. The molecule has 0 bridgehead atoms. The predicted octanol–water partition coefficient (Wildman–Crippen LogP) is 0.773. The van der Waals surface area contributed by atoms with Crippen LogP contribution in [-0.4, -0.2) is 36.6 Å². The number of amides is 2. The van der Waals surface area contributed by atoms with Crippen molar-refractivity contribution in [1.29, 1.82) is 0 Å². The fourth-order valence-electron chi connectivity index (χ4n) is 0.856. The molecule has 1 atom stereocenters. The molecular formula is C9H21N3O. The molecule has 0 spiro atoms. The smallest absolute Gasteiger partial charge is 0.317 e. The summed E-state index contributed by atoms with van der Waals surface area (Å²) < 4.78 is 0. The second-order valence-corrected chi connectivity index (χ2v) is 3.79. The number of hydrogen-bond donors (Lipinski definition) is 2. The van der Waals surface area contributed by atoms with Crippen molar-refractivity contribution >= 4 is 6.03 Å². The van der Waals surface area contributed by atoms with Crippen LogP contribution in [0, 0.1) is 0 Å². The van der Waals surface area contributed by atoms with Crippen LogP contribution in [0.2, 0.25) is 0 Å². The topological polar surface area (TPSA) is 58.4 Å². The molecule has 0 radical (unpaired) electrons. The van der Waals surface area contributed by atoms with Crippen molar-refractivity contribution in [3.63, 3.8) is 0 Å². The van der Waals surface area contributed by atoms with Crippen molar-refractivity contribution in [3.05, 3.63) is 0 Å². The Bertz CT molecular complexity index is 157. The maximum atomic E-state index is 11.3. The first-order valence-electron chi connectivity index (χ1n) is 4.70. The SMILES string of the molecule is CC(N)CCN(C)C(=O)NC(C)C. The lowest BCUT2D eigenvalue weighted by molar-refractivity contribution is 0.205. The number of nitrogens with two attached hydrogens (primary N) is 1. The quantitative estimate of drug-likeness (QED) is 0.683. The summed E-state index contributed by atoms with van der Waals surface area (Å²) in [6.07, 6.45) is 0.835. The number of nitrogens with one attached hydrogen (secondary N) is 1. The molecule has 1 unspecified atom stereocenters. The Labute approximate surface area is 80.5 Å². The Morgan fingerprint density at radius 3 is 2.38 bits per heavy atom. The van der Waals surface area contributed by atoms with Crippen molar-refractivity contribution in [3.8, 4) is 0 Å². The van der Waals surface area contributed by atoms with Gasteiger partial charge in [0.1, 0.15) is 0 Å². The van der Waals surface area contributed by atoms with E-state index in [1.54, 1.807) is 11.9 Å². The lowest BCUT2D eigenvalue weighted by Gasteiger charge is -2.20. The van der Waals surface area contributed by atoms with E-state index in [1.807, 2.05) is 20.8 Å². The molecule has 0 aliphatic rings. The van der Waals surface area contributed by atoms with Gasteiger partial charge in [0, 0.05) is 25.7 Å². The Morgan fingerprint density at radius 2 is 2.00 bits per heavy atom. The van der Waals surface area contributed by atoms with E-state index >= 15 is 0 Å². The lowest BCUT2D eigenvalue weighted by Crippen LogP contribution is -2.42. The van der Waals surface area contributed by atoms with Crippen molar-refractivity contribution in [1.82, 2.24) is 10.2 Å². The maximum absolute atomic E-state index is 11.3. The molecule has 3 N–H and O–H groups in total. The van der Waals surface area contributed by atoms with Crippen molar-refractivity contribution in [2.75, 3.05) is 13.6 Å². The molecule has 4 heteroatoms. The highest BCUT2D eigenvalue weighted by atomic mass is 16.2. The standard InChI is InChI=1S/C9H21N3O/c1-7(2)11-9(13)12(4)6-5-8(3)10/h7-8H,5-6,10H2,1-4H3,(H,11,13). The number of carbonyl (C=O) groups is 1. The van der Waals surface area contributed by atoms with Crippen molar-refractivity contribution in [2.24, 2.45) is 5.73 Å². The van der Waals surface area contributed by atoms with Crippen molar-refractivity contribution < 1.29 is 4.79 Å². The molecule has 0 aromatic carbocycles. The van der Waals surface area contributed by atoms with E-state index in [2.05, 4.69) is 5.32 Å². The van der Waals surface area contributed by atoms with Gasteiger partial charge in [-0.2, -0.15) is 0 Å². The first kappa shape index (κ1) is 12.2. The monoisotopic (exact) mass is 187 g/mol. The van der Waals surface area contributed by atoms with Crippen LogP contribution in [0.25, 0.3) is 0 Å². The molecule has 0 fully saturated rings. The van der Waals surface area contributed by atoms with Crippen LogP contribution < -0.4 is 11.1 Å². The van der Waals surface area contributed by atoms with Gasteiger partial charge in [-0.05, 0) is 27.2 Å². The first-order valence-corrected chi connectivity index (χ1v) is 4.70. The summed E-state index contributed by atoms with van der Waals surface area (Å²) in [5.41, 5.74) is 5.58. The summed E-state index contributed by atoms with van der Waals surface area (Å²) >= 11 is 0. The van der Waals surface area contributed by atoms with E-state index in [0.29, 0.717) is 6.54 Å². The average molecular weight is 187 g/mol. The zero-order valence-electron chi connectivity index (χ0n) is 9.00. The third kappa shape index (κ3) is 6.40. The van der Waals surface area contributed by atoms with E-state index in [0.717, 1.165) is 6.42 Å². The minimum absolute atomic E-state index is 0.0318. The molecule has 13 heavy (non-hydrogen) atoms. The van der Waals surface area contributed by atoms with Gasteiger partial charge in [0.2, 0.25) is 0 Å². The Morgan fingerprint density at radius 1 is 1.46 bits per heavy atom. The summed E-state index contributed by atoms with van der Waals surface area (Å²) in [4.78, 5) is 13.0. The lowest BCUT2D eigenvalue weighted by atomic mass is 10.2. The van der Waals surface area contributed by atoms with Gasteiger partial charge in [-0.1, -0.05) is 0 Å². The molecule has 4 nitrogen and oxygen atoms in total. The Balaban J connectivity index is 3.69. The molecule has 0 heterocycles. The molecule has 0 aliphatic carbocycles. The molecule has 0 aromatic rings. The number of carbonyl (C=O) groups excluding carboxylic acids is 1. The molecule has 0 rings (SSSR count). The van der Waals surface area contributed by atoms with Crippen LogP contribution >= 0.6 is 0 Å². The van der Waals surface area contributed by atoms with Gasteiger partial charge < -0.3 is 16.0 Å². The second-order valence-electron chi connectivity index (χ2n) is 3.79. The number of hydrogen-bond acceptors (Lipinski definition) is 2. The molecule has 0 aromatic heterocycles. The van der Waals surface area contributed by atoms with E-state index in [4.69, 9.17) is 5.73 Å². The number of urea groups is 1. The average Bonchev–Trinajstić information content (AvgIpc) is 1.98. The third-order valence-corrected chi connectivity index (χ3v) is 1.68. The van der Waals surface area contributed by atoms with Crippen LogP contribution in [0.4, 0.5) is 4.79 Å². The number of rotatable bonds is 4. The fourth-order valence-corrected chi connectivity index (χ4v) is 0.856. The van der Waals surface area contributed by atoms with Crippen LogP contribution in [-0.2, 0) is 0 Å². The summed E-state index contributed by atoms with van der Waals surface area (Å²) in [6, 6.07) is 0.301. The molecular weight excluding hydrogens is 166 g/mol. The summed E-state index contributed by atoms with van der Waals surface area (Å²) in [5, 5.41) is 2.81. The second kappa shape index (κ2) is 5.80. The van der Waals surface area contributed by atoms with E-state index in [1.165, 1.54) is 0 Å². The van der Waals surface area contributed by atoms with E-state index in [-0.39, 0.29) is 18.1 Å². The minimum Gasteiger partial charge on any atom is -0.336 e. The fraction of sp³-hybridized carbons (Fsp3) is 0.889. The minimum atomic E-state index is -0.0318. The number of nitrogens with zero attached hydrogens (tertiary/aromatic N) is 1. The molecule has 78 valence electrons. The van der Waals surface area contributed by atoms with Crippen LogP contribution in [0.1, 0.15) is 27.2 Å². The van der Waals surface area contributed by atoms with Gasteiger partial charge in [0.15, 0.2) is 0 Å². The van der Waals surface area contributed by atoms with Crippen LogP contribution in [0.15, 0.2) is 0 Å². The maximum Gasteiger partial charge on any atom is 0.317 e. The largest absolute Gasteiger partial charge is 0.336 e. The van der Waals surface area contributed by atoms with Gasteiger partial charge in [-0.15, -0.1) is 0 Å². The normalized spacial score (nSPS) is 12.8. The highest BCUT2D eigenvalue weighted by Gasteiger charge is 2.09. The highest BCUT2D eigenvalue weighted by Crippen LogP contribution is 1.92. The van der Waals surface area contributed by atoms with E-state index < -0.39 is 0 Å². The molecule has 0 saturated heterocycles. The third-order valence-electron chi connectivity index (χ3n) is 1.68. The van der Waals surface area contributed by atoms with Gasteiger partial charge in [-0.3, -0.25) is 0 Å². The summed E-state index contributed by atoms with van der Waals surface area (Å²) in [5.74, 6) is 0. The molecule has 2 amide bonds. The summed E-state index contributed by atoms with van der Waals surface area (Å²) in [7, 11) is 1.78.